The fraction of sp³-hybridized carbons (Fsp3) is 0.609. The van der Waals surface area contributed by atoms with E-state index in [2.05, 4.69) is 20.6 Å². The van der Waals surface area contributed by atoms with Gasteiger partial charge in [0.05, 0.1) is 11.8 Å². The SMILES string of the molecule is CC(C)(C)[C@@H](C(=O)N1C[C@H](O)C[C@H]1C(=O)NCCc1ccnc(N)c1)n1cc(C2CC2)nn1. The standard InChI is InChI=1S/C23H33N7O3/c1-23(2,3)20(30-13-17(27-28-30)15-4-5-15)22(33)29-12-16(31)11-18(29)21(32)26-9-7-14-6-8-25-19(24)10-14/h6,8,10,13,15-16,18,20,31H,4-5,7,9,11-12H2,1-3H3,(H2,24,25)(H,26,32)/t16-,18+,20-/m1/s1. The van der Waals surface area contributed by atoms with E-state index in [9.17, 15) is 14.7 Å². The topological polar surface area (TPSA) is 139 Å². The maximum Gasteiger partial charge on any atom is 0.248 e. The van der Waals surface area contributed by atoms with E-state index < -0.39 is 23.6 Å². The van der Waals surface area contributed by atoms with Gasteiger partial charge in [-0.3, -0.25) is 9.59 Å². The number of anilines is 1. The van der Waals surface area contributed by atoms with Crippen LogP contribution in [0.4, 0.5) is 5.82 Å². The van der Waals surface area contributed by atoms with Gasteiger partial charge in [-0.25, -0.2) is 9.67 Å². The summed E-state index contributed by atoms with van der Waals surface area (Å²) < 4.78 is 1.63. The number of nitrogens with zero attached hydrogens (tertiary/aromatic N) is 5. The van der Waals surface area contributed by atoms with E-state index in [1.807, 2.05) is 33.0 Å². The zero-order chi connectivity index (χ0) is 23.8. The zero-order valence-electron chi connectivity index (χ0n) is 19.4. The molecule has 3 atom stereocenters. The summed E-state index contributed by atoms with van der Waals surface area (Å²) in [6, 6.07) is 2.26. The number of carbonyl (C=O) groups is 2. The van der Waals surface area contributed by atoms with Crippen molar-refractivity contribution in [3.8, 4) is 0 Å². The number of rotatable bonds is 7. The van der Waals surface area contributed by atoms with E-state index in [0.717, 1.165) is 24.1 Å². The molecular weight excluding hydrogens is 422 g/mol. The minimum atomic E-state index is -0.747. The largest absolute Gasteiger partial charge is 0.391 e. The molecule has 3 heterocycles. The highest BCUT2D eigenvalue weighted by atomic mass is 16.3. The van der Waals surface area contributed by atoms with E-state index in [0.29, 0.717) is 24.7 Å². The Labute approximate surface area is 193 Å². The number of amides is 2. The number of aliphatic hydroxyl groups is 1. The maximum absolute atomic E-state index is 13.7. The molecule has 0 spiro atoms. The third kappa shape index (κ3) is 5.32. The molecule has 1 saturated carbocycles. The van der Waals surface area contributed by atoms with Crippen LogP contribution < -0.4 is 11.1 Å². The lowest BCUT2D eigenvalue weighted by molar-refractivity contribution is -0.144. The van der Waals surface area contributed by atoms with Gasteiger partial charge in [-0.05, 0) is 42.4 Å². The number of nitrogens with one attached hydrogen (secondary N) is 1. The number of carbonyl (C=O) groups excluding carboxylic acids is 2. The molecule has 0 radical (unpaired) electrons. The highest BCUT2D eigenvalue weighted by Crippen LogP contribution is 2.40. The van der Waals surface area contributed by atoms with E-state index in [4.69, 9.17) is 5.73 Å². The van der Waals surface area contributed by atoms with Gasteiger partial charge >= 0.3 is 0 Å². The Kier molecular flexibility index (Phi) is 6.38. The number of hydrogen-bond donors (Lipinski definition) is 3. The highest BCUT2D eigenvalue weighted by molar-refractivity contribution is 5.90. The van der Waals surface area contributed by atoms with E-state index in [1.54, 1.807) is 16.9 Å². The molecule has 1 aliphatic carbocycles. The lowest BCUT2D eigenvalue weighted by Gasteiger charge is -2.34. The lowest BCUT2D eigenvalue weighted by Crippen LogP contribution is -2.50. The number of likely N-dealkylation sites (tertiary alicyclic amines) is 1. The molecule has 1 saturated heterocycles. The van der Waals surface area contributed by atoms with Gasteiger partial charge in [0, 0.05) is 37.8 Å². The van der Waals surface area contributed by atoms with Crippen LogP contribution in [0.1, 0.15) is 63.3 Å². The molecule has 33 heavy (non-hydrogen) atoms. The molecule has 0 unspecified atom stereocenters. The number of hydrogen-bond acceptors (Lipinski definition) is 7. The molecule has 2 aliphatic rings. The summed E-state index contributed by atoms with van der Waals surface area (Å²) >= 11 is 0. The molecule has 10 nitrogen and oxygen atoms in total. The number of aromatic nitrogens is 4. The van der Waals surface area contributed by atoms with Crippen molar-refractivity contribution in [3.63, 3.8) is 0 Å². The average molecular weight is 456 g/mol. The van der Waals surface area contributed by atoms with Crippen molar-refractivity contribution in [1.82, 2.24) is 30.2 Å². The number of nitrogens with two attached hydrogens (primary N) is 1. The summed E-state index contributed by atoms with van der Waals surface area (Å²) in [5.41, 5.74) is 7.12. The van der Waals surface area contributed by atoms with Gasteiger partial charge in [-0.2, -0.15) is 0 Å². The first kappa shape index (κ1) is 23.2. The van der Waals surface area contributed by atoms with Crippen LogP contribution in [0.3, 0.4) is 0 Å². The molecule has 2 aromatic rings. The second-order valence-electron chi connectivity index (χ2n) is 10.2. The van der Waals surface area contributed by atoms with Crippen molar-refractivity contribution in [1.29, 1.82) is 0 Å². The molecule has 2 aromatic heterocycles. The van der Waals surface area contributed by atoms with Crippen molar-refractivity contribution >= 4 is 17.6 Å². The number of aliphatic hydroxyl groups excluding tert-OH is 1. The minimum absolute atomic E-state index is 0.120. The Balaban J connectivity index is 1.46. The average Bonchev–Trinajstić information content (AvgIpc) is 3.34. The van der Waals surface area contributed by atoms with Crippen LogP contribution in [0.2, 0.25) is 0 Å². The number of pyridine rings is 1. The lowest BCUT2D eigenvalue weighted by atomic mass is 9.85. The van der Waals surface area contributed by atoms with Gasteiger partial charge < -0.3 is 21.1 Å². The minimum Gasteiger partial charge on any atom is -0.391 e. The summed E-state index contributed by atoms with van der Waals surface area (Å²) in [5.74, 6) is 0.359. The molecule has 178 valence electrons. The highest BCUT2D eigenvalue weighted by Gasteiger charge is 2.45. The van der Waals surface area contributed by atoms with Gasteiger partial charge in [0.15, 0.2) is 0 Å². The summed E-state index contributed by atoms with van der Waals surface area (Å²) in [5, 5.41) is 21.7. The Morgan fingerprint density at radius 2 is 2.09 bits per heavy atom. The van der Waals surface area contributed by atoms with Crippen LogP contribution in [-0.2, 0) is 16.0 Å². The molecule has 0 aromatic carbocycles. The first-order chi connectivity index (χ1) is 15.6. The Hall–Kier alpha value is -3.01. The zero-order valence-corrected chi connectivity index (χ0v) is 19.4. The maximum atomic E-state index is 13.7. The fourth-order valence-corrected chi connectivity index (χ4v) is 4.42. The van der Waals surface area contributed by atoms with Gasteiger partial charge in [0.1, 0.15) is 17.9 Å². The molecular formula is C23H33N7O3. The molecule has 2 fully saturated rings. The Morgan fingerprint density at radius 1 is 1.33 bits per heavy atom. The predicted molar refractivity (Wildman–Crippen MR) is 122 cm³/mol. The van der Waals surface area contributed by atoms with Crippen LogP contribution in [0.25, 0.3) is 0 Å². The van der Waals surface area contributed by atoms with Crippen molar-refractivity contribution in [2.75, 3.05) is 18.8 Å². The predicted octanol–water partition coefficient (Wildman–Crippen LogP) is 1.04. The molecule has 0 bridgehead atoms. The summed E-state index contributed by atoms with van der Waals surface area (Å²) in [7, 11) is 0. The van der Waals surface area contributed by atoms with Gasteiger partial charge in [0.25, 0.3) is 0 Å². The van der Waals surface area contributed by atoms with Crippen LogP contribution >= 0.6 is 0 Å². The second-order valence-corrected chi connectivity index (χ2v) is 10.2. The van der Waals surface area contributed by atoms with Crippen molar-refractivity contribution in [3.05, 3.63) is 35.8 Å². The molecule has 10 heteroatoms. The van der Waals surface area contributed by atoms with Crippen LogP contribution in [-0.4, -0.2) is 67.0 Å². The molecule has 1 aliphatic heterocycles. The van der Waals surface area contributed by atoms with Crippen LogP contribution in [0.5, 0.6) is 0 Å². The fourth-order valence-electron chi connectivity index (χ4n) is 4.42. The van der Waals surface area contributed by atoms with E-state index >= 15 is 0 Å². The van der Waals surface area contributed by atoms with E-state index in [1.165, 1.54) is 4.90 Å². The smallest absolute Gasteiger partial charge is 0.248 e. The number of β-amino-alcohol motifs (C(OH)–C–C–N with tert-alkyl or cyclic N) is 1. The van der Waals surface area contributed by atoms with Crippen molar-refractivity contribution < 1.29 is 14.7 Å². The number of nitrogen functional groups attached to an aromatic ring is 1. The third-order valence-electron chi connectivity index (χ3n) is 6.27. The first-order valence-corrected chi connectivity index (χ1v) is 11.5. The summed E-state index contributed by atoms with van der Waals surface area (Å²) in [6.07, 6.45) is 5.73. The van der Waals surface area contributed by atoms with Crippen LogP contribution in [0.15, 0.2) is 24.5 Å². The quantitative estimate of drug-likeness (QED) is 0.567. The normalized spacial score (nSPS) is 21.8. The van der Waals surface area contributed by atoms with Crippen LogP contribution in [0, 0.1) is 5.41 Å². The van der Waals surface area contributed by atoms with Crippen molar-refractivity contribution in [2.45, 2.75) is 70.6 Å². The third-order valence-corrected chi connectivity index (χ3v) is 6.27. The van der Waals surface area contributed by atoms with Gasteiger partial charge in [0.2, 0.25) is 11.8 Å². The van der Waals surface area contributed by atoms with Gasteiger partial charge in [-0.1, -0.05) is 26.0 Å². The molecule has 2 amide bonds. The Morgan fingerprint density at radius 3 is 2.76 bits per heavy atom. The first-order valence-electron chi connectivity index (χ1n) is 11.5. The Bertz CT molecular complexity index is 1010. The second kappa shape index (κ2) is 9.09. The summed E-state index contributed by atoms with van der Waals surface area (Å²) in [6.45, 7) is 6.42. The monoisotopic (exact) mass is 455 g/mol. The summed E-state index contributed by atoms with van der Waals surface area (Å²) in [4.78, 5) is 32.2. The van der Waals surface area contributed by atoms with E-state index in [-0.39, 0.29) is 24.8 Å². The van der Waals surface area contributed by atoms with Crippen molar-refractivity contribution in [2.24, 2.45) is 5.41 Å². The molecule has 4 N–H and O–H groups in total. The van der Waals surface area contributed by atoms with Gasteiger partial charge in [-0.15, -0.1) is 5.10 Å². The molecule has 4 rings (SSSR count).